The van der Waals surface area contributed by atoms with E-state index in [0.717, 1.165) is 6.07 Å². The van der Waals surface area contributed by atoms with Gasteiger partial charge in [0.2, 0.25) is 0 Å². The van der Waals surface area contributed by atoms with Gasteiger partial charge < -0.3 is 15.0 Å². The maximum atomic E-state index is 12.9. The molecule has 8 nitrogen and oxygen atoms in total. The van der Waals surface area contributed by atoms with Gasteiger partial charge in [-0.1, -0.05) is 32.9 Å². The Morgan fingerprint density at radius 1 is 1.09 bits per heavy atom. The number of carbonyl (C=O) groups is 1. The number of benzene rings is 1. The van der Waals surface area contributed by atoms with Crippen LogP contribution in [0.1, 0.15) is 42.9 Å². The quantitative estimate of drug-likeness (QED) is 0.618. The van der Waals surface area contributed by atoms with Crippen molar-refractivity contribution in [3.8, 4) is 17.4 Å². The number of aromatic amines is 1. The summed E-state index contributed by atoms with van der Waals surface area (Å²) in [6.07, 6.45) is -1.86. The highest BCUT2D eigenvalue weighted by Gasteiger charge is 2.32. The lowest BCUT2D eigenvalue weighted by Gasteiger charge is -2.32. The summed E-state index contributed by atoms with van der Waals surface area (Å²) in [6, 6.07) is 7.25. The summed E-state index contributed by atoms with van der Waals surface area (Å²) in [5, 5.41) is 2.81. The molecule has 3 rings (SSSR count). The zero-order valence-corrected chi connectivity index (χ0v) is 17.4. The van der Waals surface area contributed by atoms with Crippen molar-refractivity contribution in [3.63, 3.8) is 0 Å². The Hall–Kier alpha value is -3.76. The number of alkyl halides is 3. The Morgan fingerprint density at radius 3 is 2.28 bits per heavy atom. The van der Waals surface area contributed by atoms with E-state index < -0.39 is 29.3 Å². The molecule has 2 aromatic heterocycles. The van der Waals surface area contributed by atoms with Crippen molar-refractivity contribution in [3.05, 3.63) is 70.4 Å². The molecule has 11 heteroatoms. The van der Waals surface area contributed by atoms with Gasteiger partial charge in [0.25, 0.3) is 11.5 Å². The van der Waals surface area contributed by atoms with Crippen molar-refractivity contribution in [1.29, 1.82) is 0 Å². The van der Waals surface area contributed by atoms with Crippen LogP contribution in [0.2, 0.25) is 0 Å². The smallest absolute Gasteiger partial charge is 0.406 e. The molecule has 1 amide bonds. The predicted octanol–water partition coefficient (Wildman–Crippen LogP) is 3.64. The molecule has 168 valence electrons. The minimum atomic E-state index is -4.80. The lowest BCUT2D eigenvalue weighted by atomic mass is 9.82. The third-order valence-electron chi connectivity index (χ3n) is 4.34. The van der Waals surface area contributed by atoms with Crippen LogP contribution < -0.4 is 15.6 Å². The lowest BCUT2D eigenvalue weighted by Crippen LogP contribution is -2.37. The second-order valence-corrected chi connectivity index (χ2v) is 7.94. The summed E-state index contributed by atoms with van der Waals surface area (Å²) in [5.41, 5.74) is -0.679. The Morgan fingerprint density at radius 2 is 1.72 bits per heavy atom. The molecule has 0 aliphatic carbocycles. The van der Waals surface area contributed by atoms with E-state index in [9.17, 15) is 22.8 Å². The van der Waals surface area contributed by atoms with E-state index in [0.29, 0.717) is 5.56 Å². The average Bonchev–Trinajstić information content (AvgIpc) is 2.71. The number of halogens is 3. The third-order valence-corrected chi connectivity index (χ3v) is 4.34. The van der Waals surface area contributed by atoms with Crippen molar-refractivity contribution in [2.75, 3.05) is 0 Å². The largest absolute Gasteiger partial charge is 0.573 e. The van der Waals surface area contributed by atoms with Gasteiger partial charge >= 0.3 is 6.36 Å². The van der Waals surface area contributed by atoms with Gasteiger partial charge in [-0.05, 0) is 29.2 Å². The lowest BCUT2D eigenvalue weighted by molar-refractivity contribution is -0.274. The molecule has 0 saturated carbocycles. The summed E-state index contributed by atoms with van der Waals surface area (Å²) < 4.78 is 41.1. The number of aromatic nitrogens is 4. The number of nitrogens with one attached hydrogen (secondary N) is 2. The molecule has 0 aliphatic rings. The molecule has 2 heterocycles. The summed E-state index contributed by atoms with van der Waals surface area (Å²) in [6.45, 7) is 5.56. The minimum Gasteiger partial charge on any atom is -0.406 e. The fourth-order valence-electron chi connectivity index (χ4n) is 2.97. The van der Waals surface area contributed by atoms with Gasteiger partial charge in [0.15, 0.2) is 11.6 Å². The van der Waals surface area contributed by atoms with Crippen LogP contribution in [0, 0.1) is 5.41 Å². The third kappa shape index (κ3) is 5.90. The number of carbonyl (C=O) groups excluding carboxylic acids is 1. The molecule has 1 atom stereocenters. The first-order chi connectivity index (χ1) is 14.9. The van der Waals surface area contributed by atoms with Gasteiger partial charge in [-0.3, -0.25) is 9.59 Å². The first kappa shape index (κ1) is 22.9. The van der Waals surface area contributed by atoms with Crippen molar-refractivity contribution in [1.82, 2.24) is 25.3 Å². The monoisotopic (exact) mass is 447 g/mol. The van der Waals surface area contributed by atoms with E-state index in [2.05, 4.69) is 30.0 Å². The number of hydrogen-bond donors (Lipinski definition) is 2. The molecule has 0 spiro atoms. The zero-order valence-electron chi connectivity index (χ0n) is 17.4. The fourth-order valence-corrected chi connectivity index (χ4v) is 2.97. The molecule has 0 saturated heterocycles. The number of amides is 1. The van der Waals surface area contributed by atoms with Crippen LogP contribution in [0.5, 0.6) is 5.75 Å². The van der Waals surface area contributed by atoms with Crippen molar-refractivity contribution < 1.29 is 22.7 Å². The molecular weight excluding hydrogens is 427 g/mol. The van der Waals surface area contributed by atoms with Gasteiger partial charge in [-0.25, -0.2) is 15.0 Å². The Kier molecular flexibility index (Phi) is 6.28. The van der Waals surface area contributed by atoms with E-state index >= 15 is 0 Å². The van der Waals surface area contributed by atoms with E-state index in [4.69, 9.17) is 0 Å². The molecule has 1 aromatic carbocycles. The minimum absolute atomic E-state index is 0.0317. The Bertz CT molecular complexity index is 1140. The van der Waals surface area contributed by atoms with Gasteiger partial charge in [0.05, 0.1) is 6.04 Å². The van der Waals surface area contributed by atoms with Gasteiger partial charge in [0, 0.05) is 18.5 Å². The number of ether oxygens (including phenoxy) is 1. The van der Waals surface area contributed by atoms with Gasteiger partial charge in [-0.2, -0.15) is 0 Å². The molecule has 0 bridgehead atoms. The van der Waals surface area contributed by atoms with E-state index in [1.54, 1.807) is 6.07 Å². The standard InChI is InChI=1S/C21H20F3N5O3/c1-20(2,3)16(12-5-7-13(8-6-12)32-21(22,23)24)29-19(31)14-11-15(30)28-18(27-14)17-25-9-4-10-26-17/h4-11,16H,1-3H3,(H,29,31)(H,27,28,30)/t16-/m0/s1. The number of H-pyrrole nitrogens is 1. The van der Waals surface area contributed by atoms with Crippen molar-refractivity contribution >= 4 is 5.91 Å². The summed E-state index contributed by atoms with van der Waals surface area (Å²) in [5.74, 6) is -0.830. The summed E-state index contributed by atoms with van der Waals surface area (Å²) in [7, 11) is 0. The van der Waals surface area contributed by atoms with Gasteiger partial charge in [0.1, 0.15) is 11.4 Å². The SMILES string of the molecule is CC(C)(C)[C@@H](NC(=O)c1cc(=O)[nH]c(-c2ncccn2)n1)c1ccc(OC(F)(F)F)cc1. The predicted molar refractivity (Wildman–Crippen MR) is 109 cm³/mol. The van der Waals surface area contributed by atoms with Crippen LogP contribution >= 0.6 is 0 Å². The van der Waals surface area contributed by atoms with E-state index in [1.807, 2.05) is 20.8 Å². The molecule has 3 aromatic rings. The van der Waals surface area contributed by atoms with Crippen LogP contribution in [0.25, 0.3) is 11.6 Å². The van der Waals surface area contributed by atoms with Crippen LogP contribution in [-0.2, 0) is 0 Å². The maximum Gasteiger partial charge on any atom is 0.573 e. The highest BCUT2D eigenvalue weighted by atomic mass is 19.4. The van der Waals surface area contributed by atoms with Gasteiger partial charge in [-0.15, -0.1) is 13.2 Å². The van der Waals surface area contributed by atoms with Crippen molar-refractivity contribution in [2.24, 2.45) is 5.41 Å². The van der Waals surface area contributed by atoms with E-state index in [-0.39, 0.29) is 23.1 Å². The molecule has 0 unspecified atom stereocenters. The number of nitrogens with zero attached hydrogens (tertiary/aromatic N) is 3. The summed E-state index contributed by atoms with van der Waals surface area (Å²) in [4.78, 5) is 39.6. The van der Waals surface area contributed by atoms with Crippen LogP contribution in [0.3, 0.4) is 0 Å². The molecule has 32 heavy (non-hydrogen) atoms. The zero-order chi connectivity index (χ0) is 23.5. The Balaban J connectivity index is 1.88. The molecule has 0 radical (unpaired) electrons. The Labute approximate surface area is 180 Å². The fraction of sp³-hybridized carbons (Fsp3) is 0.286. The second-order valence-electron chi connectivity index (χ2n) is 7.94. The summed E-state index contributed by atoms with van der Waals surface area (Å²) >= 11 is 0. The topological polar surface area (TPSA) is 110 Å². The highest BCUT2D eigenvalue weighted by molar-refractivity contribution is 5.92. The van der Waals surface area contributed by atoms with Crippen LogP contribution in [-0.4, -0.2) is 32.2 Å². The number of rotatable bonds is 5. The second kappa shape index (κ2) is 8.77. The van der Waals surface area contributed by atoms with Crippen LogP contribution in [0.4, 0.5) is 13.2 Å². The number of hydrogen-bond acceptors (Lipinski definition) is 6. The normalized spacial score (nSPS) is 12.8. The van der Waals surface area contributed by atoms with E-state index in [1.165, 1.54) is 36.7 Å². The molecular formula is C21H20F3N5O3. The highest BCUT2D eigenvalue weighted by Crippen LogP contribution is 2.34. The molecule has 2 N–H and O–H groups in total. The van der Waals surface area contributed by atoms with Crippen LogP contribution in [0.15, 0.2) is 53.6 Å². The average molecular weight is 447 g/mol. The first-order valence-electron chi connectivity index (χ1n) is 9.48. The first-order valence-corrected chi connectivity index (χ1v) is 9.48. The van der Waals surface area contributed by atoms with Crippen molar-refractivity contribution in [2.45, 2.75) is 33.2 Å². The molecule has 0 fully saturated rings. The molecule has 0 aliphatic heterocycles. The maximum absolute atomic E-state index is 12.9.